The number of aliphatic carboxylic acids is 1. The van der Waals surface area contributed by atoms with E-state index in [1.54, 1.807) is 37.3 Å². The summed E-state index contributed by atoms with van der Waals surface area (Å²) in [6, 6.07) is 10.8. The smallest absolute Gasteiger partial charge is 0.331 e. The molecular weight excluding hydrogens is 340 g/mol. The molecule has 134 valence electrons. The zero-order valence-corrected chi connectivity index (χ0v) is 13.9. The number of amides is 1. The largest absolute Gasteiger partial charge is 0.479 e. The number of non-ortho nitro benzene ring substituents is 1. The number of anilines is 1. The molecule has 0 aliphatic carbocycles. The lowest BCUT2D eigenvalue weighted by molar-refractivity contribution is -0.384. The molecule has 2 aromatic rings. The van der Waals surface area contributed by atoms with Crippen LogP contribution in [0.15, 0.2) is 48.5 Å². The molecular formula is C18H16N2O6. The van der Waals surface area contributed by atoms with E-state index in [0.717, 1.165) is 11.0 Å². The molecule has 0 saturated carbocycles. The van der Waals surface area contributed by atoms with Crippen LogP contribution in [0.4, 0.5) is 11.4 Å². The maximum absolute atomic E-state index is 12.9. The van der Waals surface area contributed by atoms with Gasteiger partial charge < -0.3 is 9.84 Å². The minimum Gasteiger partial charge on any atom is -0.479 e. The number of fused-ring (bicyclic) bond motifs is 1. The first-order valence-electron chi connectivity index (χ1n) is 8.00. The van der Waals surface area contributed by atoms with Crippen molar-refractivity contribution < 1.29 is 24.4 Å². The Labute approximate surface area is 148 Å². The molecule has 1 aliphatic heterocycles. The number of benzene rings is 2. The average molecular weight is 356 g/mol. The van der Waals surface area contributed by atoms with Gasteiger partial charge in [0.25, 0.3) is 11.6 Å². The van der Waals surface area contributed by atoms with Gasteiger partial charge in [-0.3, -0.25) is 19.8 Å². The maximum Gasteiger partial charge on any atom is 0.331 e. The highest BCUT2D eigenvalue weighted by molar-refractivity contribution is 6.05. The summed E-state index contributed by atoms with van der Waals surface area (Å²) in [4.78, 5) is 36.5. The molecule has 1 heterocycles. The Balaban J connectivity index is 2.20. The zero-order valence-electron chi connectivity index (χ0n) is 13.9. The molecule has 26 heavy (non-hydrogen) atoms. The van der Waals surface area contributed by atoms with Crippen molar-refractivity contribution in [3.05, 3.63) is 64.2 Å². The second kappa shape index (κ2) is 6.83. The van der Waals surface area contributed by atoms with Crippen LogP contribution in [-0.2, 0) is 9.59 Å². The first-order chi connectivity index (χ1) is 12.4. The number of hydrogen-bond acceptors (Lipinski definition) is 5. The van der Waals surface area contributed by atoms with Gasteiger partial charge in [-0.15, -0.1) is 0 Å². The predicted molar refractivity (Wildman–Crippen MR) is 92.1 cm³/mol. The minimum atomic E-state index is -1.32. The van der Waals surface area contributed by atoms with E-state index in [2.05, 4.69) is 0 Å². The lowest BCUT2D eigenvalue weighted by Gasteiger charge is -2.37. The molecule has 1 N–H and O–H groups in total. The SMILES string of the molecule is CCC1Oc2ccc([N+](=O)[O-])cc2N(C(C(=O)O)c2ccccc2)C1=O. The van der Waals surface area contributed by atoms with Gasteiger partial charge in [0.05, 0.1) is 10.6 Å². The first kappa shape index (κ1) is 17.4. The molecule has 0 saturated heterocycles. The van der Waals surface area contributed by atoms with Crippen molar-refractivity contribution in [1.82, 2.24) is 0 Å². The topological polar surface area (TPSA) is 110 Å². The summed E-state index contributed by atoms with van der Waals surface area (Å²) in [5.41, 5.74) is 0.213. The number of carboxylic acids is 1. The van der Waals surface area contributed by atoms with E-state index in [4.69, 9.17) is 4.74 Å². The van der Waals surface area contributed by atoms with Crippen LogP contribution in [0.5, 0.6) is 5.75 Å². The summed E-state index contributed by atoms with van der Waals surface area (Å²) in [7, 11) is 0. The Bertz CT molecular complexity index is 867. The van der Waals surface area contributed by atoms with Crippen molar-refractivity contribution in [3.63, 3.8) is 0 Å². The van der Waals surface area contributed by atoms with E-state index in [-0.39, 0.29) is 17.1 Å². The quantitative estimate of drug-likeness (QED) is 0.651. The number of carbonyl (C=O) groups excluding carboxylic acids is 1. The second-order valence-electron chi connectivity index (χ2n) is 5.78. The number of hydrogen-bond donors (Lipinski definition) is 1. The van der Waals surface area contributed by atoms with Gasteiger partial charge in [-0.05, 0) is 18.1 Å². The number of nitrogens with zero attached hydrogens (tertiary/aromatic N) is 2. The fourth-order valence-corrected chi connectivity index (χ4v) is 2.95. The normalized spacial score (nSPS) is 17.2. The first-order valence-corrected chi connectivity index (χ1v) is 8.00. The summed E-state index contributed by atoms with van der Waals surface area (Å²) in [6.07, 6.45) is -0.512. The van der Waals surface area contributed by atoms with Gasteiger partial charge in [-0.1, -0.05) is 37.3 Å². The third-order valence-corrected chi connectivity index (χ3v) is 4.17. The summed E-state index contributed by atoms with van der Waals surface area (Å²) in [5, 5.41) is 20.9. The van der Waals surface area contributed by atoms with Gasteiger partial charge in [0.2, 0.25) is 0 Å². The van der Waals surface area contributed by atoms with Crippen molar-refractivity contribution in [2.45, 2.75) is 25.5 Å². The van der Waals surface area contributed by atoms with Gasteiger partial charge in [-0.25, -0.2) is 4.79 Å². The molecule has 0 spiro atoms. The molecule has 0 bridgehead atoms. The highest BCUT2D eigenvalue weighted by atomic mass is 16.6. The molecule has 8 nitrogen and oxygen atoms in total. The predicted octanol–water partition coefficient (Wildman–Crippen LogP) is 2.92. The van der Waals surface area contributed by atoms with E-state index < -0.39 is 28.9 Å². The third-order valence-electron chi connectivity index (χ3n) is 4.17. The van der Waals surface area contributed by atoms with Crippen molar-refractivity contribution in [1.29, 1.82) is 0 Å². The molecule has 8 heteroatoms. The van der Waals surface area contributed by atoms with Crippen LogP contribution in [0, 0.1) is 10.1 Å². The number of nitro groups is 1. The Hall–Kier alpha value is -3.42. The summed E-state index contributed by atoms with van der Waals surface area (Å²) >= 11 is 0. The lowest BCUT2D eigenvalue weighted by atomic mass is 10.0. The van der Waals surface area contributed by atoms with Crippen LogP contribution in [0.3, 0.4) is 0 Å². The Morgan fingerprint density at radius 3 is 2.58 bits per heavy atom. The van der Waals surface area contributed by atoms with Gasteiger partial charge in [0.1, 0.15) is 5.75 Å². The summed E-state index contributed by atoms with van der Waals surface area (Å²) in [5.74, 6) is -1.54. The van der Waals surface area contributed by atoms with Gasteiger partial charge in [-0.2, -0.15) is 0 Å². The Kier molecular flexibility index (Phi) is 4.57. The van der Waals surface area contributed by atoms with Crippen molar-refractivity contribution >= 4 is 23.3 Å². The molecule has 3 rings (SSSR count). The number of ether oxygens (including phenoxy) is 1. The van der Waals surface area contributed by atoms with Gasteiger partial charge in [0, 0.05) is 12.1 Å². The summed E-state index contributed by atoms with van der Waals surface area (Å²) < 4.78 is 5.62. The molecule has 1 aliphatic rings. The van der Waals surface area contributed by atoms with Gasteiger partial charge >= 0.3 is 5.97 Å². The number of carbonyl (C=O) groups is 2. The number of carboxylic acid groups (broad SMARTS) is 1. The molecule has 2 atom stereocenters. The second-order valence-corrected chi connectivity index (χ2v) is 5.78. The standard InChI is InChI=1S/C18H16N2O6/c1-2-14-17(21)19(16(18(22)23)11-6-4-3-5-7-11)13-10-12(20(24)25)8-9-15(13)26-14/h3-10,14,16H,2H2,1H3,(H,22,23). The van der Waals surface area contributed by atoms with E-state index in [1.807, 2.05) is 0 Å². The van der Waals surface area contributed by atoms with Gasteiger partial charge in [0.15, 0.2) is 12.1 Å². The molecule has 1 amide bonds. The fraction of sp³-hybridized carbons (Fsp3) is 0.222. The molecule has 2 unspecified atom stereocenters. The van der Waals surface area contributed by atoms with Crippen LogP contribution >= 0.6 is 0 Å². The maximum atomic E-state index is 12.9. The van der Waals surface area contributed by atoms with Crippen LogP contribution < -0.4 is 9.64 Å². The lowest BCUT2D eigenvalue weighted by Crippen LogP contribution is -2.49. The van der Waals surface area contributed by atoms with E-state index >= 15 is 0 Å². The van der Waals surface area contributed by atoms with Crippen LogP contribution in [-0.4, -0.2) is 28.0 Å². The monoisotopic (exact) mass is 356 g/mol. The van der Waals surface area contributed by atoms with E-state index in [9.17, 15) is 24.8 Å². The van der Waals surface area contributed by atoms with Crippen molar-refractivity contribution in [3.8, 4) is 5.75 Å². The zero-order chi connectivity index (χ0) is 18.8. The van der Waals surface area contributed by atoms with E-state index in [0.29, 0.717) is 12.0 Å². The molecule has 0 aromatic heterocycles. The van der Waals surface area contributed by atoms with Crippen LogP contribution in [0.1, 0.15) is 24.9 Å². The van der Waals surface area contributed by atoms with Crippen molar-refractivity contribution in [2.24, 2.45) is 0 Å². The highest BCUT2D eigenvalue weighted by Gasteiger charge is 2.41. The molecule has 0 fully saturated rings. The number of rotatable bonds is 5. The Morgan fingerprint density at radius 1 is 1.31 bits per heavy atom. The number of nitro benzene ring substituents is 1. The van der Waals surface area contributed by atoms with E-state index in [1.165, 1.54) is 12.1 Å². The summed E-state index contributed by atoms with van der Waals surface area (Å²) in [6.45, 7) is 1.75. The minimum absolute atomic E-state index is 0.0742. The highest BCUT2D eigenvalue weighted by Crippen LogP contribution is 2.41. The van der Waals surface area contributed by atoms with Crippen molar-refractivity contribution in [2.75, 3.05) is 4.90 Å². The molecule has 2 aromatic carbocycles. The van der Waals surface area contributed by atoms with Crippen LogP contribution in [0.25, 0.3) is 0 Å². The average Bonchev–Trinajstić information content (AvgIpc) is 2.63. The fourth-order valence-electron chi connectivity index (χ4n) is 2.95. The third kappa shape index (κ3) is 2.97. The van der Waals surface area contributed by atoms with Crippen LogP contribution in [0.2, 0.25) is 0 Å². The molecule has 0 radical (unpaired) electrons. The Morgan fingerprint density at radius 2 is 2.00 bits per heavy atom.